The fourth-order valence-electron chi connectivity index (χ4n) is 3.92. The predicted octanol–water partition coefficient (Wildman–Crippen LogP) is -0.0414. The maximum atomic E-state index is 12.6. The van der Waals surface area contributed by atoms with E-state index in [1.54, 1.807) is 24.0 Å². The molecule has 0 atom stereocenters. The molecular weight excluding hydrogens is 366 g/mol. The maximum Gasteiger partial charge on any atom is 0.281 e. The van der Waals surface area contributed by atoms with Crippen LogP contribution in [0, 0.1) is 6.92 Å². The number of piperazine rings is 1. The second-order valence-corrected chi connectivity index (χ2v) is 7.78. The van der Waals surface area contributed by atoms with E-state index in [0.717, 1.165) is 49.9 Å². The average Bonchev–Trinajstić information content (AvgIpc) is 2.76. The fourth-order valence-corrected chi connectivity index (χ4v) is 3.92. The first-order valence-electron chi connectivity index (χ1n) is 10.2. The van der Waals surface area contributed by atoms with Gasteiger partial charge in [0.25, 0.3) is 5.91 Å². The van der Waals surface area contributed by atoms with Crippen LogP contribution in [0.25, 0.3) is 0 Å². The molecular formula is C23H33N3O3+2. The molecule has 0 aliphatic carbocycles. The van der Waals surface area contributed by atoms with Gasteiger partial charge in [0.1, 0.15) is 32.7 Å². The number of carbonyl (C=O) groups is 1. The van der Waals surface area contributed by atoms with Crippen LogP contribution in [0.1, 0.15) is 11.1 Å². The number of hydrogen-bond donors (Lipinski definition) is 2. The standard InChI is InChI=1S/C23H31N3O3/c1-18-14-21(28-3)22(29-4)15-19(18)16-25-10-12-26(13-11-25)17-23(27)24(2)20-8-6-5-7-9-20/h5-9,14-15H,10-13,16-17H2,1-4H3/p+2. The molecule has 0 radical (unpaired) electrons. The van der Waals surface area contributed by atoms with E-state index < -0.39 is 0 Å². The third kappa shape index (κ3) is 5.28. The van der Waals surface area contributed by atoms with Gasteiger partial charge < -0.3 is 24.2 Å². The summed E-state index contributed by atoms with van der Waals surface area (Å²) in [7, 11) is 5.20. The van der Waals surface area contributed by atoms with Crippen LogP contribution in [0.2, 0.25) is 0 Å². The molecule has 0 bridgehead atoms. The number of ether oxygens (including phenoxy) is 2. The summed E-state index contributed by atoms with van der Waals surface area (Å²) >= 11 is 0. The molecule has 2 aromatic rings. The second-order valence-electron chi connectivity index (χ2n) is 7.78. The van der Waals surface area contributed by atoms with Gasteiger partial charge in [0.15, 0.2) is 18.0 Å². The molecule has 0 unspecified atom stereocenters. The summed E-state index contributed by atoms with van der Waals surface area (Å²) in [5.41, 5.74) is 3.47. The molecule has 1 aliphatic rings. The molecule has 0 saturated carbocycles. The van der Waals surface area contributed by atoms with Crippen LogP contribution in [-0.4, -0.2) is 59.9 Å². The predicted molar refractivity (Wildman–Crippen MR) is 114 cm³/mol. The monoisotopic (exact) mass is 399 g/mol. The Labute approximate surface area is 173 Å². The first-order chi connectivity index (χ1) is 14.0. The first-order valence-corrected chi connectivity index (χ1v) is 10.2. The van der Waals surface area contributed by atoms with Crippen LogP contribution >= 0.6 is 0 Å². The molecule has 156 valence electrons. The number of nitrogens with zero attached hydrogens (tertiary/aromatic N) is 1. The molecule has 2 aromatic carbocycles. The van der Waals surface area contributed by atoms with Crippen LogP contribution in [0.15, 0.2) is 42.5 Å². The van der Waals surface area contributed by atoms with E-state index in [-0.39, 0.29) is 5.91 Å². The highest BCUT2D eigenvalue weighted by Gasteiger charge is 2.27. The number of nitrogens with one attached hydrogen (secondary N) is 2. The van der Waals surface area contributed by atoms with E-state index in [1.807, 2.05) is 43.4 Å². The number of methoxy groups -OCH3 is 2. The highest BCUT2D eigenvalue weighted by molar-refractivity contribution is 5.93. The molecule has 6 heteroatoms. The van der Waals surface area contributed by atoms with Crippen LogP contribution in [-0.2, 0) is 11.3 Å². The number of quaternary nitrogens is 2. The smallest absolute Gasteiger partial charge is 0.281 e. The Bertz CT molecular complexity index is 818. The Morgan fingerprint density at radius 1 is 0.966 bits per heavy atom. The Morgan fingerprint density at radius 3 is 2.17 bits per heavy atom. The number of carbonyl (C=O) groups excluding carboxylic acids is 1. The van der Waals surface area contributed by atoms with Gasteiger partial charge in [-0.1, -0.05) is 18.2 Å². The van der Waals surface area contributed by atoms with Gasteiger partial charge in [-0.05, 0) is 36.8 Å². The van der Waals surface area contributed by atoms with Crippen molar-refractivity contribution in [2.24, 2.45) is 0 Å². The molecule has 3 rings (SSSR count). The zero-order valence-electron chi connectivity index (χ0n) is 18.0. The summed E-state index contributed by atoms with van der Waals surface area (Å²) in [6, 6.07) is 14.0. The Balaban J connectivity index is 1.52. The Morgan fingerprint density at radius 2 is 1.55 bits per heavy atom. The van der Waals surface area contributed by atoms with Gasteiger partial charge in [0.05, 0.1) is 14.2 Å². The Hall–Kier alpha value is -2.57. The number of para-hydroxylation sites is 1. The number of amides is 1. The summed E-state index contributed by atoms with van der Waals surface area (Å²) in [5, 5.41) is 0. The van der Waals surface area contributed by atoms with Crippen molar-refractivity contribution in [1.82, 2.24) is 0 Å². The number of likely N-dealkylation sites (N-methyl/N-ethyl adjacent to an activating group) is 1. The van der Waals surface area contributed by atoms with E-state index in [9.17, 15) is 4.79 Å². The van der Waals surface area contributed by atoms with Crippen molar-refractivity contribution >= 4 is 11.6 Å². The lowest BCUT2D eigenvalue weighted by atomic mass is 10.1. The summed E-state index contributed by atoms with van der Waals surface area (Å²) in [6.45, 7) is 7.78. The SMILES string of the molecule is COc1cc(C)c(C[NH+]2CC[NH+](CC(=O)N(C)c3ccccc3)CC2)cc1OC. The number of rotatable bonds is 7. The van der Waals surface area contributed by atoms with Crippen LogP contribution in [0.3, 0.4) is 0 Å². The van der Waals surface area contributed by atoms with E-state index in [1.165, 1.54) is 16.0 Å². The highest BCUT2D eigenvalue weighted by Crippen LogP contribution is 2.29. The summed E-state index contributed by atoms with van der Waals surface area (Å²) in [5.74, 6) is 1.73. The number of hydrogen-bond acceptors (Lipinski definition) is 3. The van der Waals surface area contributed by atoms with Crippen molar-refractivity contribution in [3.05, 3.63) is 53.6 Å². The molecule has 0 aromatic heterocycles. The third-order valence-electron chi connectivity index (χ3n) is 5.87. The zero-order valence-corrected chi connectivity index (χ0v) is 18.0. The second kappa shape index (κ2) is 9.76. The summed E-state index contributed by atoms with van der Waals surface area (Å²) < 4.78 is 10.9. The van der Waals surface area contributed by atoms with Crippen molar-refractivity contribution < 1.29 is 24.1 Å². The molecule has 1 heterocycles. The van der Waals surface area contributed by atoms with Crippen LogP contribution < -0.4 is 24.2 Å². The van der Waals surface area contributed by atoms with Gasteiger partial charge in [-0.2, -0.15) is 0 Å². The van der Waals surface area contributed by atoms with Crippen molar-refractivity contribution in [2.75, 3.05) is 58.9 Å². The minimum Gasteiger partial charge on any atom is -0.493 e. The molecule has 0 spiro atoms. The van der Waals surface area contributed by atoms with Crippen molar-refractivity contribution in [1.29, 1.82) is 0 Å². The van der Waals surface area contributed by atoms with Gasteiger partial charge in [0.2, 0.25) is 0 Å². The van der Waals surface area contributed by atoms with Crippen LogP contribution in [0.4, 0.5) is 5.69 Å². The molecule has 2 N–H and O–H groups in total. The lowest BCUT2D eigenvalue weighted by Gasteiger charge is -2.30. The third-order valence-corrected chi connectivity index (χ3v) is 5.87. The van der Waals surface area contributed by atoms with Gasteiger partial charge >= 0.3 is 0 Å². The van der Waals surface area contributed by atoms with Gasteiger partial charge in [-0.15, -0.1) is 0 Å². The van der Waals surface area contributed by atoms with E-state index in [4.69, 9.17) is 9.47 Å². The minimum atomic E-state index is 0.172. The topological polar surface area (TPSA) is 47.7 Å². The van der Waals surface area contributed by atoms with E-state index >= 15 is 0 Å². The lowest BCUT2D eigenvalue weighted by Crippen LogP contribution is -3.28. The van der Waals surface area contributed by atoms with Gasteiger partial charge in [-0.25, -0.2) is 0 Å². The number of anilines is 1. The van der Waals surface area contributed by atoms with Crippen molar-refractivity contribution in [3.63, 3.8) is 0 Å². The molecule has 29 heavy (non-hydrogen) atoms. The normalized spacial score (nSPS) is 18.9. The first kappa shape index (κ1) is 21.1. The zero-order chi connectivity index (χ0) is 20.8. The molecule has 1 saturated heterocycles. The highest BCUT2D eigenvalue weighted by atomic mass is 16.5. The summed E-state index contributed by atoms with van der Waals surface area (Å²) in [4.78, 5) is 17.3. The van der Waals surface area contributed by atoms with Crippen molar-refractivity contribution in [2.45, 2.75) is 13.5 Å². The van der Waals surface area contributed by atoms with E-state index in [2.05, 4.69) is 13.0 Å². The molecule has 1 fully saturated rings. The van der Waals surface area contributed by atoms with Crippen LogP contribution in [0.5, 0.6) is 11.5 Å². The summed E-state index contributed by atoms with van der Waals surface area (Å²) in [6.07, 6.45) is 0. The Kier molecular flexibility index (Phi) is 7.12. The largest absolute Gasteiger partial charge is 0.493 e. The fraction of sp³-hybridized carbons (Fsp3) is 0.435. The quantitative estimate of drug-likeness (QED) is 0.687. The maximum absolute atomic E-state index is 12.6. The molecule has 1 aliphatic heterocycles. The number of benzene rings is 2. The number of aryl methyl sites for hydroxylation is 1. The van der Waals surface area contributed by atoms with Crippen molar-refractivity contribution in [3.8, 4) is 11.5 Å². The molecule has 6 nitrogen and oxygen atoms in total. The van der Waals surface area contributed by atoms with E-state index in [0.29, 0.717) is 6.54 Å². The minimum absolute atomic E-state index is 0.172. The van der Waals surface area contributed by atoms with Gasteiger partial charge in [0, 0.05) is 18.3 Å². The van der Waals surface area contributed by atoms with Gasteiger partial charge in [-0.3, -0.25) is 4.79 Å². The lowest BCUT2D eigenvalue weighted by molar-refractivity contribution is -1.02. The average molecular weight is 400 g/mol. The molecule has 1 amide bonds.